The molecule has 0 amide bonds. The van der Waals surface area contributed by atoms with Gasteiger partial charge in [-0.05, 0) is 57.9 Å². The van der Waals surface area contributed by atoms with Gasteiger partial charge in [-0.25, -0.2) is 17.8 Å². The first-order valence-electron chi connectivity index (χ1n) is 11.5. The minimum absolute atomic E-state index is 0.0284. The standard InChI is InChI=1S/C26H32N2O4S/c1-26(2,3)32-25(29)28-23-16-9-8-11-20(23)18-24(28)19-12-10-15-22(17-19)33(30,31)27(4)21-13-6-5-7-14-21/h8-12,15-18,21H,5-7,13-14H2,1-4H3. The van der Waals surface area contributed by atoms with E-state index in [0.717, 1.165) is 37.5 Å². The van der Waals surface area contributed by atoms with Crippen molar-refractivity contribution in [3.05, 3.63) is 54.6 Å². The second-order valence-electron chi connectivity index (χ2n) is 9.75. The van der Waals surface area contributed by atoms with Crippen LogP contribution in [0.2, 0.25) is 0 Å². The van der Waals surface area contributed by atoms with Crippen molar-refractivity contribution in [2.24, 2.45) is 0 Å². The molecule has 0 unspecified atom stereocenters. The fraction of sp³-hybridized carbons (Fsp3) is 0.423. The lowest BCUT2D eigenvalue weighted by Crippen LogP contribution is -2.38. The molecule has 1 aliphatic carbocycles. The summed E-state index contributed by atoms with van der Waals surface area (Å²) < 4.78 is 35.6. The van der Waals surface area contributed by atoms with Crippen molar-refractivity contribution in [2.45, 2.75) is 69.4 Å². The molecule has 6 nitrogen and oxygen atoms in total. The van der Waals surface area contributed by atoms with Gasteiger partial charge in [-0.15, -0.1) is 0 Å². The molecule has 0 bridgehead atoms. The van der Waals surface area contributed by atoms with Crippen molar-refractivity contribution in [1.29, 1.82) is 0 Å². The number of benzene rings is 2. The molecule has 7 heteroatoms. The van der Waals surface area contributed by atoms with Crippen molar-refractivity contribution in [2.75, 3.05) is 7.05 Å². The van der Waals surface area contributed by atoms with E-state index < -0.39 is 21.7 Å². The highest BCUT2D eigenvalue weighted by Crippen LogP contribution is 2.32. The molecule has 4 rings (SSSR count). The van der Waals surface area contributed by atoms with Crippen molar-refractivity contribution >= 4 is 27.0 Å². The van der Waals surface area contributed by atoms with Crippen LogP contribution in [0.1, 0.15) is 52.9 Å². The molecule has 0 N–H and O–H groups in total. The second-order valence-corrected chi connectivity index (χ2v) is 11.7. The fourth-order valence-corrected chi connectivity index (χ4v) is 5.96. The summed E-state index contributed by atoms with van der Waals surface area (Å²) in [4.78, 5) is 13.4. The van der Waals surface area contributed by atoms with Gasteiger partial charge in [-0.1, -0.05) is 49.6 Å². The Balaban J connectivity index is 1.78. The van der Waals surface area contributed by atoms with E-state index in [4.69, 9.17) is 4.74 Å². The van der Waals surface area contributed by atoms with E-state index in [9.17, 15) is 13.2 Å². The monoisotopic (exact) mass is 468 g/mol. The van der Waals surface area contributed by atoms with E-state index in [1.165, 1.54) is 8.87 Å². The molecule has 2 aromatic carbocycles. The molecule has 0 atom stereocenters. The summed E-state index contributed by atoms with van der Waals surface area (Å²) >= 11 is 0. The van der Waals surface area contributed by atoms with Gasteiger partial charge in [-0.3, -0.25) is 0 Å². The lowest BCUT2D eigenvalue weighted by molar-refractivity contribution is 0.0547. The lowest BCUT2D eigenvalue weighted by Gasteiger charge is -2.30. The third-order valence-electron chi connectivity index (χ3n) is 6.18. The highest BCUT2D eigenvalue weighted by atomic mass is 32.2. The summed E-state index contributed by atoms with van der Waals surface area (Å²) in [6.45, 7) is 5.47. The third-order valence-corrected chi connectivity index (χ3v) is 8.09. The van der Waals surface area contributed by atoms with Crippen molar-refractivity contribution in [1.82, 2.24) is 8.87 Å². The maximum Gasteiger partial charge on any atom is 0.419 e. The van der Waals surface area contributed by atoms with Gasteiger partial charge < -0.3 is 4.74 Å². The zero-order valence-corrected chi connectivity index (χ0v) is 20.6. The molecule has 1 heterocycles. The van der Waals surface area contributed by atoms with Gasteiger partial charge in [0.1, 0.15) is 5.60 Å². The Bertz CT molecular complexity index is 1260. The number of fused-ring (bicyclic) bond motifs is 1. The van der Waals surface area contributed by atoms with Crippen molar-refractivity contribution in [3.8, 4) is 11.3 Å². The smallest absolute Gasteiger partial charge is 0.419 e. The van der Waals surface area contributed by atoms with E-state index in [1.54, 1.807) is 25.2 Å². The number of aromatic nitrogens is 1. The van der Waals surface area contributed by atoms with Crippen LogP contribution in [0.15, 0.2) is 59.5 Å². The number of sulfonamides is 1. The molecule has 0 radical (unpaired) electrons. The molecule has 1 fully saturated rings. The molecule has 1 aliphatic rings. The first-order valence-corrected chi connectivity index (χ1v) is 12.9. The Kier molecular flexibility index (Phi) is 6.38. The number of carbonyl (C=O) groups is 1. The largest absolute Gasteiger partial charge is 0.443 e. The lowest BCUT2D eigenvalue weighted by atomic mass is 9.96. The molecule has 0 aliphatic heterocycles. The fourth-order valence-electron chi connectivity index (χ4n) is 4.49. The highest BCUT2D eigenvalue weighted by molar-refractivity contribution is 7.89. The minimum atomic E-state index is -3.65. The molecule has 0 saturated heterocycles. The van der Waals surface area contributed by atoms with Crippen molar-refractivity contribution in [3.63, 3.8) is 0 Å². The maximum absolute atomic E-state index is 13.4. The molecule has 1 saturated carbocycles. The Labute approximate surface area is 196 Å². The maximum atomic E-state index is 13.4. The number of hydrogen-bond donors (Lipinski definition) is 0. The Morgan fingerprint density at radius 1 is 1.00 bits per heavy atom. The van der Waals surface area contributed by atoms with E-state index >= 15 is 0 Å². The molecular formula is C26H32N2O4S. The van der Waals surface area contributed by atoms with Gasteiger partial charge in [0.25, 0.3) is 0 Å². The minimum Gasteiger partial charge on any atom is -0.443 e. The van der Waals surface area contributed by atoms with Crippen LogP contribution in [0.5, 0.6) is 0 Å². The quantitative estimate of drug-likeness (QED) is 0.468. The number of hydrogen-bond acceptors (Lipinski definition) is 4. The first-order chi connectivity index (χ1) is 15.6. The summed E-state index contributed by atoms with van der Waals surface area (Å²) in [7, 11) is -1.98. The normalized spacial score (nSPS) is 15.8. The van der Waals surface area contributed by atoms with Gasteiger partial charge in [0.2, 0.25) is 10.0 Å². The third kappa shape index (κ3) is 4.84. The van der Waals surface area contributed by atoms with Gasteiger partial charge in [0.05, 0.1) is 16.1 Å². The summed E-state index contributed by atoms with van der Waals surface area (Å²) in [5.74, 6) is 0. The Hall–Kier alpha value is -2.64. The van der Waals surface area contributed by atoms with E-state index in [1.807, 2.05) is 57.2 Å². The van der Waals surface area contributed by atoms with Crippen LogP contribution in [-0.4, -0.2) is 42.1 Å². The van der Waals surface area contributed by atoms with Crippen LogP contribution in [0, 0.1) is 0 Å². The highest BCUT2D eigenvalue weighted by Gasteiger charge is 2.30. The number of rotatable bonds is 4. The van der Waals surface area contributed by atoms with Crippen molar-refractivity contribution < 1.29 is 17.9 Å². The second kappa shape index (κ2) is 8.95. The predicted molar refractivity (Wildman–Crippen MR) is 131 cm³/mol. The number of nitrogens with zero attached hydrogens (tertiary/aromatic N) is 2. The molecular weight excluding hydrogens is 436 g/mol. The van der Waals surface area contributed by atoms with E-state index in [2.05, 4.69) is 0 Å². The van der Waals surface area contributed by atoms with Crippen LogP contribution in [-0.2, 0) is 14.8 Å². The molecule has 3 aromatic rings. The summed E-state index contributed by atoms with van der Waals surface area (Å²) in [6, 6.07) is 16.3. The van der Waals surface area contributed by atoms with E-state index in [-0.39, 0.29) is 10.9 Å². The summed E-state index contributed by atoms with van der Waals surface area (Å²) in [5.41, 5.74) is 1.31. The number of para-hydroxylation sites is 1. The van der Waals surface area contributed by atoms with Gasteiger partial charge in [0, 0.05) is 24.0 Å². The Morgan fingerprint density at radius 2 is 1.70 bits per heavy atom. The van der Waals surface area contributed by atoms with Crippen LogP contribution >= 0.6 is 0 Å². The predicted octanol–water partition coefficient (Wildman–Crippen LogP) is 6.04. The zero-order valence-electron chi connectivity index (χ0n) is 19.7. The summed E-state index contributed by atoms with van der Waals surface area (Å²) in [6.07, 6.45) is 4.56. The topological polar surface area (TPSA) is 68.6 Å². The average molecular weight is 469 g/mol. The van der Waals surface area contributed by atoms with Crippen LogP contribution < -0.4 is 0 Å². The number of carbonyl (C=O) groups excluding carboxylic acids is 1. The van der Waals surface area contributed by atoms with Crippen LogP contribution in [0.3, 0.4) is 0 Å². The first kappa shape index (κ1) is 23.5. The van der Waals surface area contributed by atoms with Crippen LogP contribution in [0.25, 0.3) is 22.2 Å². The number of ether oxygens (including phenoxy) is 1. The average Bonchev–Trinajstić information content (AvgIpc) is 3.18. The van der Waals surface area contributed by atoms with E-state index in [0.29, 0.717) is 16.8 Å². The summed E-state index contributed by atoms with van der Waals surface area (Å²) in [5, 5.41) is 0.881. The van der Waals surface area contributed by atoms with Gasteiger partial charge in [-0.2, -0.15) is 4.31 Å². The molecule has 33 heavy (non-hydrogen) atoms. The molecule has 1 aromatic heterocycles. The zero-order chi connectivity index (χ0) is 23.8. The van der Waals surface area contributed by atoms with Gasteiger partial charge in [0.15, 0.2) is 0 Å². The van der Waals surface area contributed by atoms with Gasteiger partial charge >= 0.3 is 6.09 Å². The Morgan fingerprint density at radius 3 is 2.39 bits per heavy atom. The molecule has 176 valence electrons. The SMILES string of the molecule is CN(C1CCCCC1)S(=O)(=O)c1cccc(-c2cc3ccccc3n2C(=O)OC(C)(C)C)c1. The molecule has 0 spiro atoms. The van der Waals surface area contributed by atoms with Crippen LogP contribution in [0.4, 0.5) is 4.79 Å².